The van der Waals surface area contributed by atoms with Crippen LogP contribution in [0.25, 0.3) is 0 Å². The lowest BCUT2D eigenvalue weighted by atomic mass is 10.1. The summed E-state index contributed by atoms with van der Waals surface area (Å²) in [4.78, 5) is 23.6. The van der Waals surface area contributed by atoms with Crippen LogP contribution < -0.4 is 10.1 Å². The molecule has 1 aromatic rings. The number of hydrogen-bond acceptors (Lipinski definition) is 5. The summed E-state index contributed by atoms with van der Waals surface area (Å²) in [6, 6.07) is 4.22. The molecule has 0 aliphatic rings. The van der Waals surface area contributed by atoms with E-state index in [2.05, 4.69) is 5.32 Å². The Morgan fingerprint density at radius 3 is 2.44 bits per heavy atom. The van der Waals surface area contributed by atoms with Gasteiger partial charge in [-0.25, -0.2) is 14.0 Å². The highest BCUT2D eigenvalue weighted by atomic mass is 19.1. The average Bonchev–Trinajstić information content (AvgIpc) is 2.55. The molecule has 0 spiro atoms. The van der Waals surface area contributed by atoms with Crippen LogP contribution in [0.5, 0.6) is 5.75 Å². The highest BCUT2D eigenvalue weighted by molar-refractivity contribution is 5.75. The molecule has 0 unspecified atom stereocenters. The van der Waals surface area contributed by atoms with Crippen LogP contribution in [-0.2, 0) is 20.7 Å². The van der Waals surface area contributed by atoms with E-state index in [1.54, 1.807) is 26.8 Å². The van der Waals surface area contributed by atoms with Gasteiger partial charge in [-0.15, -0.1) is 0 Å². The highest BCUT2D eigenvalue weighted by Crippen LogP contribution is 2.25. The third-order valence-corrected chi connectivity index (χ3v) is 3.61. The predicted molar refractivity (Wildman–Crippen MR) is 100 cm³/mol. The highest BCUT2D eigenvalue weighted by Gasteiger charge is 2.26. The lowest BCUT2D eigenvalue weighted by Gasteiger charge is -2.22. The van der Waals surface area contributed by atoms with Crippen molar-refractivity contribution in [2.24, 2.45) is 5.92 Å². The maximum Gasteiger partial charge on any atom is 0.407 e. The summed E-state index contributed by atoms with van der Waals surface area (Å²) in [5.74, 6) is -0.793. The number of nitrogens with one attached hydrogen (secondary N) is 1. The Bertz CT molecular complexity index is 640. The molecule has 0 aromatic heterocycles. The van der Waals surface area contributed by atoms with Gasteiger partial charge in [0.25, 0.3) is 0 Å². The summed E-state index contributed by atoms with van der Waals surface area (Å²) < 4.78 is 29.4. The molecular weight excluding hydrogens is 353 g/mol. The topological polar surface area (TPSA) is 73.9 Å². The van der Waals surface area contributed by atoms with E-state index in [1.165, 1.54) is 19.2 Å². The lowest BCUT2D eigenvalue weighted by Crippen LogP contribution is -2.34. The number of esters is 1. The summed E-state index contributed by atoms with van der Waals surface area (Å²) in [6.45, 7) is 9.43. The second-order valence-corrected chi connectivity index (χ2v) is 7.59. The molecule has 0 saturated carbocycles. The minimum absolute atomic E-state index is 0.137. The number of amides is 1. The summed E-state index contributed by atoms with van der Waals surface area (Å²) in [5.41, 5.74) is 0.193. The number of alkyl carbamates (subject to hydrolysis) is 1. The molecule has 0 heterocycles. The van der Waals surface area contributed by atoms with E-state index in [4.69, 9.17) is 14.2 Å². The first-order valence-corrected chi connectivity index (χ1v) is 9.03. The largest absolute Gasteiger partial charge is 0.478 e. The maximum atomic E-state index is 13.7. The molecular formula is C20H30FNO5. The minimum atomic E-state index is -0.824. The van der Waals surface area contributed by atoms with E-state index < -0.39 is 29.6 Å². The normalized spacial score (nSPS) is 12.4. The first-order valence-electron chi connectivity index (χ1n) is 9.03. The van der Waals surface area contributed by atoms with Gasteiger partial charge in [-0.05, 0) is 45.2 Å². The number of halogens is 1. The zero-order valence-electron chi connectivity index (χ0n) is 16.9. The fraction of sp³-hybridized carbons (Fsp3) is 0.600. The molecule has 0 aliphatic carbocycles. The van der Waals surface area contributed by atoms with E-state index in [0.717, 1.165) is 5.56 Å². The Balaban J connectivity index is 2.71. The van der Waals surface area contributed by atoms with Crippen LogP contribution in [0.2, 0.25) is 0 Å². The molecule has 7 heteroatoms. The van der Waals surface area contributed by atoms with Crippen LogP contribution in [0.1, 0.15) is 46.6 Å². The molecule has 0 aliphatic heterocycles. The maximum absolute atomic E-state index is 13.7. The number of carbonyl (C=O) groups excluding carboxylic acids is 2. The molecule has 27 heavy (non-hydrogen) atoms. The minimum Gasteiger partial charge on any atom is -0.478 e. The van der Waals surface area contributed by atoms with E-state index in [9.17, 15) is 14.0 Å². The molecule has 1 aromatic carbocycles. The van der Waals surface area contributed by atoms with Gasteiger partial charge in [0, 0.05) is 18.5 Å². The summed E-state index contributed by atoms with van der Waals surface area (Å²) >= 11 is 0. The van der Waals surface area contributed by atoms with E-state index in [-0.39, 0.29) is 5.92 Å². The molecule has 1 rings (SSSR count). The van der Waals surface area contributed by atoms with E-state index >= 15 is 0 Å². The number of rotatable bonds is 8. The number of carbonyl (C=O) groups is 2. The third-order valence-electron chi connectivity index (χ3n) is 3.61. The van der Waals surface area contributed by atoms with Crippen LogP contribution in [0.3, 0.4) is 0 Å². The second-order valence-electron chi connectivity index (χ2n) is 7.59. The third kappa shape index (κ3) is 8.28. The molecule has 0 saturated heterocycles. The number of aryl methyl sites for hydroxylation is 1. The van der Waals surface area contributed by atoms with Gasteiger partial charge in [-0.2, -0.15) is 0 Å². The summed E-state index contributed by atoms with van der Waals surface area (Å²) in [7, 11) is 1.29. The Morgan fingerprint density at radius 1 is 1.22 bits per heavy atom. The van der Waals surface area contributed by atoms with Crippen molar-refractivity contribution in [2.75, 3.05) is 13.7 Å². The Labute approximate surface area is 160 Å². The van der Waals surface area contributed by atoms with Crippen LogP contribution in [0.15, 0.2) is 18.2 Å². The zero-order chi connectivity index (χ0) is 20.6. The molecule has 152 valence electrons. The van der Waals surface area contributed by atoms with Gasteiger partial charge in [0.05, 0.1) is 7.11 Å². The van der Waals surface area contributed by atoms with Crippen LogP contribution >= 0.6 is 0 Å². The predicted octanol–water partition coefficient (Wildman–Crippen LogP) is 3.86. The average molecular weight is 383 g/mol. The molecule has 6 nitrogen and oxygen atoms in total. The van der Waals surface area contributed by atoms with Gasteiger partial charge in [0.2, 0.25) is 0 Å². The SMILES string of the molecule is COC(=O)[C@H](Oc1cc(F)ccc1CCCNC(=O)OC(C)(C)C)C(C)C. The molecule has 0 bridgehead atoms. The number of benzene rings is 1. The van der Waals surface area contributed by atoms with Crippen LogP contribution in [-0.4, -0.2) is 37.4 Å². The van der Waals surface area contributed by atoms with Crippen molar-refractivity contribution in [3.8, 4) is 5.75 Å². The molecule has 1 N–H and O–H groups in total. The van der Waals surface area contributed by atoms with Gasteiger partial charge >= 0.3 is 12.1 Å². The van der Waals surface area contributed by atoms with Gasteiger partial charge < -0.3 is 19.5 Å². The van der Waals surface area contributed by atoms with Gasteiger partial charge in [-0.1, -0.05) is 19.9 Å². The second kappa shape index (κ2) is 10.1. The quantitative estimate of drug-likeness (QED) is 0.545. The van der Waals surface area contributed by atoms with Crippen molar-refractivity contribution in [3.05, 3.63) is 29.6 Å². The van der Waals surface area contributed by atoms with Crippen LogP contribution in [0, 0.1) is 11.7 Å². The van der Waals surface area contributed by atoms with Crippen molar-refractivity contribution in [3.63, 3.8) is 0 Å². The van der Waals surface area contributed by atoms with Crippen molar-refractivity contribution in [2.45, 2.75) is 59.2 Å². The Morgan fingerprint density at radius 2 is 1.89 bits per heavy atom. The Kier molecular flexibility index (Phi) is 8.53. The lowest BCUT2D eigenvalue weighted by molar-refractivity contribution is -0.150. The number of methoxy groups -OCH3 is 1. The standard InChI is InChI=1S/C20H30FNO5/c1-13(2)17(18(23)25-6)26-16-12-15(21)10-9-14(16)8-7-11-22-19(24)27-20(3,4)5/h9-10,12-13,17H,7-8,11H2,1-6H3,(H,22,24)/t17-/m1/s1. The van der Waals surface area contributed by atoms with E-state index in [1.807, 2.05) is 13.8 Å². The Hall–Kier alpha value is -2.31. The fourth-order valence-corrected chi connectivity index (χ4v) is 2.34. The smallest absolute Gasteiger partial charge is 0.407 e. The molecule has 1 atom stereocenters. The number of ether oxygens (including phenoxy) is 3. The number of hydrogen-bond donors (Lipinski definition) is 1. The van der Waals surface area contributed by atoms with E-state index in [0.29, 0.717) is 25.1 Å². The fourth-order valence-electron chi connectivity index (χ4n) is 2.34. The van der Waals surface area contributed by atoms with Crippen molar-refractivity contribution >= 4 is 12.1 Å². The first-order chi connectivity index (χ1) is 12.5. The zero-order valence-corrected chi connectivity index (χ0v) is 16.9. The van der Waals surface area contributed by atoms with Gasteiger partial charge in [-0.3, -0.25) is 0 Å². The molecule has 1 amide bonds. The van der Waals surface area contributed by atoms with Gasteiger partial charge in [0.15, 0.2) is 6.10 Å². The first kappa shape index (κ1) is 22.7. The van der Waals surface area contributed by atoms with Crippen molar-refractivity contribution in [1.29, 1.82) is 0 Å². The molecule has 0 fully saturated rings. The summed E-state index contributed by atoms with van der Waals surface area (Å²) in [6.07, 6.45) is -0.164. The summed E-state index contributed by atoms with van der Waals surface area (Å²) in [5, 5.41) is 2.68. The van der Waals surface area contributed by atoms with Crippen LogP contribution in [0.4, 0.5) is 9.18 Å². The molecule has 0 radical (unpaired) electrons. The van der Waals surface area contributed by atoms with Gasteiger partial charge in [0.1, 0.15) is 17.2 Å². The van der Waals surface area contributed by atoms with Crippen molar-refractivity contribution < 1.29 is 28.2 Å². The van der Waals surface area contributed by atoms with Crippen molar-refractivity contribution in [1.82, 2.24) is 5.32 Å². The monoisotopic (exact) mass is 383 g/mol.